The van der Waals surface area contributed by atoms with Crippen LogP contribution >= 0.6 is 0 Å². The molecule has 0 bridgehead atoms. The first-order valence-electron chi connectivity index (χ1n) is 6.50. The molecule has 18 heavy (non-hydrogen) atoms. The second kappa shape index (κ2) is 5.36. The highest BCUT2D eigenvalue weighted by atomic mass is 14.6. The molecule has 0 saturated heterocycles. The second-order valence-corrected chi connectivity index (χ2v) is 5.21. The van der Waals surface area contributed by atoms with E-state index in [1.807, 2.05) is 0 Å². The van der Waals surface area contributed by atoms with Crippen molar-refractivity contribution in [2.24, 2.45) is 5.73 Å². The average Bonchev–Trinajstić information content (AvgIpc) is 2.38. The number of hydrogen-bond acceptors (Lipinski definition) is 1. The highest BCUT2D eigenvalue weighted by molar-refractivity contribution is 5.35. The topological polar surface area (TPSA) is 26.0 Å². The van der Waals surface area contributed by atoms with Crippen molar-refractivity contribution < 1.29 is 0 Å². The lowest BCUT2D eigenvalue weighted by atomic mass is 9.95. The molecular weight excluding hydrogens is 218 g/mol. The molecule has 0 radical (unpaired) electrons. The van der Waals surface area contributed by atoms with E-state index < -0.39 is 0 Å². The third kappa shape index (κ3) is 2.80. The number of hydrogen-bond donors (Lipinski definition) is 1. The highest BCUT2D eigenvalue weighted by Gasteiger charge is 2.09. The summed E-state index contributed by atoms with van der Waals surface area (Å²) < 4.78 is 0. The Morgan fingerprint density at radius 1 is 0.833 bits per heavy atom. The van der Waals surface area contributed by atoms with Crippen LogP contribution in [-0.4, -0.2) is 0 Å². The second-order valence-electron chi connectivity index (χ2n) is 5.21. The summed E-state index contributed by atoms with van der Waals surface area (Å²) >= 11 is 0. The van der Waals surface area contributed by atoms with E-state index in [0.29, 0.717) is 5.92 Å². The molecule has 0 aliphatic rings. The third-order valence-corrected chi connectivity index (χ3v) is 3.36. The maximum absolute atomic E-state index is 6.31. The average molecular weight is 239 g/mol. The lowest BCUT2D eigenvalue weighted by molar-refractivity contribution is 0.847. The lowest BCUT2D eigenvalue weighted by Crippen LogP contribution is -2.11. The quantitative estimate of drug-likeness (QED) is 0.855. The van der Waals surface area contributed by atoms with Crippen LogP contribution in [0.4, 0.5) is 0 Å². The smallest absolute Gasteiger partial charge is 0.0551 e. The Kier molecular flexibility index (Phi) is 3.83. The molecule has 2 aromatic rings. The van der Waals surface area contributed by atoms with Crippen LogP contribution in [-0.2, 0) is 0 Å². The van der Waals surface area contributed by atoms with Gasteiger partial charge >= 0.3 is 0 Å². The minimum Gasteiger partial charge on any atom is -0.320 e. The van der Waals surface area contributed by atoms with E-state index in [1.165, 1.54) is 22.3 Å². The Hall–Kier alpha value is -1.60. The van der Waals surface area contributed by atoms with Crippen molar-refractivity contribution >= 4 is 0 Å². The van der Waals surface area contributed by atoms with E-state index in [9.17, 15) is 0 Å². The molecule has 2 N–H and O–H groups in total. The van der Waals surface area contributed by atoms with Crippen LogP contribution in [0.1, 0.15) is 48.1 Å². The zero-order valence-electron chi connectivity index (χ0n) is 11.4. The molecule has 2 rings (SSSR count). The molecule has 0 aliphatic carbocycles. The molecule has 0 aliphatic heterocycles. The summed E-state index contributed by atoms with van der Waals surface area (Å²) in [5.74, 6) is 0.564. The van der Waals surface area contributed by atoms with Gasteiger partial charge in [-0.2, -0.15) is 0 Å². The first-order chi connectivity index (χ1) is 8.58. The maximum atomic E-state index is 6.31. The Bertz CT molecular complexity index is 511. The number of nitrogens with two attached hydrogens (primary N) is 1. The van der Waals surface area contributed by atoms with Gasteiger partial charge in [0.1, 0.15) is 0 Å². The summed E-state index contributed by atoms with van der Waals surface area (Å²) in [6.45, 7) is 6.50. The van der Waals surface area contributed by atoms with Crippen LogP contribution in [0.25, 0.3) is 0 Å². The summed E-state index contributed by atoms with van der Waals surface area (Å²) in [5, 5.41) is 0. The molecular formula is C17H21N. The molecule has 0 saturated carbocycles. The predicted molar refractivity (Wildman–Crippen MR) is 77.7 cm³/mol. The number of rotatable bonds is 3. The molecule has 1 heteroatoms. The van der Waals surface area contributed by atoms with Crippen LogP contribution in [0.3, 0.4) is 0 Å². The van der Waals surface area contributed by atoms with E-state index in [-0.39, 0.29) is 6.04 Å². The molecule has 0 amide bonds. The maximum Gasteiger partial charge on any atom is 0.0551 e. The van der Waals surface area contributed by atoms with Crippen LogP contribution in [0.2, 0.25) is 0 Å². The van der Waals surface area contributed by atoms with Crippen molar-refractivity contribution in [3.63, 3.8) is 0 Å². The highest BCUT2D eigenvalue weighted by Crippen LogP contribution is 2.22. The molecule has 1 unspecified atom stereocenters. The molecule has 1 atom stereocenters. The van der Waals surface area contributed by atoms with Gasteiger partial charge in [0.25, 0.3) is 0 Å². The van der Waals surface area contributed by atoms with Gasteiger partial charge in [-0.25, -0.2) is 0 Å². The van der Waals surface area contributed by atoms with E-state index >= 15 is 0 Å². The molecule has 0 fully saturated rings. The molecule has 1 nitrogen and oxygen atoms in total. The van der Waals surface area contributed by atoms with Gasteiger partial charge in [-0.3, -0.25) is 0 Å². The van der Waals surface area contributed by atoms with Gasteiger partial charge in [-0.15, -0.1) is 0 Å². The van der Waals surface area contributed by atoms with Gasteiger partial charge < -0.3 is 5.73 Å². The fourth-order valence-electron chi connectivity index (χ4n) is 2.14. The number of aryl methyl sites for hydroxylation is 1. The standard InChI is InChI=1S/C17H21N/c1-12(2)14-7-9-15(10-8-14)17(18)16-6-4-5-13(3)11-16/h4-12,17H,18H2,1-3H3. The fraction of sp³-hybridized carbons (Fsp3) is 0.294. The molecule has 2 aromatic carbocycles. The van der Waals surface area contributed by atoms with Crippen molar-refractivity contribution in [2.75, 3.05) is 0 Å². The molecule has 0 heterocycles. The van der Waals surface area contributed by atoms with Crippen LogP contribution in [0.15, 0.2) is 48.5 Å². The molecule has 94 valence electrons. The summed E-state index contributed by atoms with van der Waals surface area (Å²) in [5.41, 5.74) is 11.3. The summed E-state index contributed by atoms with van der Waals surface area (Å²) in [6, 6.07) is 17.0. The zero-order chi connectivity index (χ0) is 13.1. The predicted octanol–water partition coefficient (Wildman–Crippen LogP) is 4.17. The van der Waals surface area contributed by atoms with Gasteiger partial charge in [0.15, 0.2) is 0 Å². The summed E-state index contributed by atoms with van der Waals surface area (Å²) in [4.78, 5) is 0. The first kappa shape index (κ1) is 12.8. The van der Waals surface area contributed by atoms with Crippen molar-refractivity contribution in [3.8, 4) is 0 Å². The minimum absolute atomic E-state index is 0.0360. The monoisotopic (exact) mass is 239 g/mol. The van der Waals surface area contributed by atoms with Crippen LogP contribution < -0.4 is 5.73 Å². The Morgan fingerprint density at radius 3 is 2.00 bits per heavy atom. The van der Waals surface area contributed by atoms with E-state index in [4.69, 9.17) is 5.73 Å². The Labute approximate surface area is 110 Å². The van der Waals surface area contributed by atoms with Gasteiger partial charge in [0, 0.05) is 0 Å². The first-order valence-corrected chi connectivity index (χ1v) is 6.50. The molecule has 0 aromatic heterocycles. The van der Waals surface area contributed by atoms with E-state index in [2.05, 4.69) is 69.3 Å². The van der Waals surface area contributed by atoms with Crippen molar-refractivity contribution in [1.82, 2.24) is 0 Å². The van der Waals surface area contributed by atoms with Crippen molar-refractivity contribution in [1.29, 1.82) is 0 Å². The zero-order valence-corrected chi connectivity index (χ0v) is 11.4. The SMILES string of the molecule is Cc1cccc(C(N)c2ccc(C(C)C)cc2)c1. The summed E-state index contributed by atoms with van der Waals surface area (Å²) in [7, 11) is 0. The Morgan fingerprint density at radius 2 is 1.44 bits per heavy atom. The van der Waals surface area contributed by atoms with Crippen LogP contribution in [0, 0.1) is 6.92 Å². The normalized spacial score (nSPS) is 12.7. The third-order valence-electron chi connectivity index (χ3n) is 3.36. The van der Waals surface area contributed by atoms with E-state index in [0.717, 1.165) is 0 Å². The van der Waals surface area contributed by atoms with Crippen molar-refractivity contribution in [2.45, 2.75) is 32.7 Å². The van der Waals surface area contributed by atoms with Gasteiger partial charge in [-0.1, -0.05) is 67.9 Å². The lowest BCUT2D eigenvalue weighted by Gasteiger charge is -2.14. The van der Waals surface area contributed by atoms with Gasteiger partial charge in [0.2, 0.25) is 0 Å². The molecule has 0 spiro atoms. The van der Waals surface area contributed by atoms with Crippen molar-refractivity contribution in [3.05, 3.63) is 70.8 Å². The number of benzene rings is 2. The van der Waals surface area contributed by atoms with E-state index in [1.54, 1.807) is 0 Å². The fourth-order valence-corrected chi connectivity index (χ4v) is 2.14. The summed E-state index contributed by atoms with van der Waals surface area (Å²) in [6.07, 6.45) is 0. The van der Waals surface area contributed by atoms with Crippen LogP contribution in [0.5, 0.6) is 0 Å². The minimum atomic E-state index is -0.0360. The Balaban J connectivity index is 2.26. The largest absolute Gasteiger partial charge is 0.320 e. The van der Waals surface area contributed by atoms with Gasteiger partial charge in [0.05, 0.1) is 6.04 Å². The van der Waals surface area contributed by atoms with Gasteiger partial charge in [-0.05, 0) is 29.5 Å².